The number of hydrogen-bond acceptors (Lipinski definition) is 3. The molecule has 0 aliphatic carbocycles. The van der Waals surface area contributed by atoms with E-state index in [0.29, 0.717) is 11.4 Å². The van der Waals surface area contributed by atoms with Crippen molar-refractivity contribution in [2.45, 2.75) is 29.8 Å². The maximum Gasteiger partial charge on any atom is 0.137 e. The normalized spacial score (nSPS) is 10.6. The van der Waals surface area contributed by atoms with Crippen molar-refractivity contribution in [2.24, 2.45) is 0 Å². The van der Waals surface area contributed by atoms with Crippen LogP contribution in [0.25, 0.3) is 0 Å². The van der Waals surface area contributed by atoms with Gasteiger partial charge in [0.1, 0.15) is 10.8 Å². The molecule has 0 aliphatic rings. The molecule has 0 saturated heterocycles. The van der Waals surface area contributed by atoms with Crippen LogP contribution in [0.2, 0.25) is 0 Å². The van der Waals surface area contributed by atoms with Gasteiger partial charge in [0.15, 0.2) is 0 Å². The van der Waals surface area contributed by atoms with Gasteiger partial charge in [-0.3, -0.25) is 0 Å². The van der Waals surface area contributed by atoms with Crippen LogP contribution in [0.4, 0.5) is 4.39 Å². The molecule has 2 rings (SSSR count). The summed E-state index contributed by atoms with van der Waals surface area (Å²) >= 11 is 1.37. The fourth-order valence-electron chi connectivity index (χ4n) is 1.72. The highest BCUT2D eigenvalue weighted by Crippen LogP contribution is 2.31. The summed E-state index contributed by atoms with van der Waals surface area (Å²) in [5.74, 6) is -0.188. The van der Waals surface area contributed by atoms with Crippen LogP contribution in [0.5, 0.6) is 0 Å². The minimum absolute atomic E-state index is 0.188. The van der Waals surface area contributed by atoms with Crippen molar-refractivity contribution in [3.8, 4) is 0 Å². The van der Waals surface area contributed by atoms with Crippen molar-refractivity contribution in [3.63, 3.8) is 0 Å². The summed E-state index contributed by atoms with van der Waals surface area (Å²) in [6.45, 7) is 3.73. The largest absolute Gasteiger partial charge is 0.313 e. The molecule has 1 aromatic carbocycles. The molecule has 2 aromatic rings. The van der Waals surface area contributed by atoms with Crippen LogP contribution in [0.1, 0.15) is 18.9 Å². The van der Waals surface area contributed by atoms with Crippen molar-refractivity contribution < 1.29 is 4.39 Å². The lowest BCUT2D eigenvalue weighted by Gasteiger charge is -2.10. The van der Waals surface area contributed by atoms with Crippen molar-refractivity contribution in [1.82, 2.24) is 10.3 Å². The fourth-order valence-corrected chi connectivity index (χ4v) is 2.63. The molecule has 1 heterocycles. The molecular formula is C15H17FN2S. The third-order valence-corrected chi connectivity index (χ3v) is 3.75. The first-order chi connectivity index (χ1) is 9.31. The molecule has 1 N–H and O–H groups in total. The van der Waals surface area contributed by atoms with Gasteiger partial charge in [-0.25, -0.2) is 9.37 Å². The second-order valence-electron chi connectivity index (χ2n) is 4.17. The minimum atomic E-state index is -0.188. The van der Waals surface area contributed by atoms with E-state index in [1.54, 1.807) is 12.3 Å². The zero-order chi connectivity index (χ0) is 13.5. The third-order valence-electron chi connectivity index (χ3n) is 2.64. The van der Waals surface area contributed by atoms with Gasteiger partial charge in [-0.1, -0.05) is 36.9 Å². The van der Waals surface area contributed by atoms with E-state index >= 15 is 0 Å². The minimum Gasteiger partial charge on any atom is -0.313 e. The van der Waals surface area contributed by atoms with Crippen LogP contribution in [0.15, 0.2) is 52.5 Å². The first-order valence-corrected chi connectivity index (χ1v) is 7.20. The Morgan fingerprint density at radius 3 is 2.84 bits per heavy atom. The Hall–Kier alpha value is -1.39. The summed E-state index contributed by atoms with van der Waals surface area (Å²) < 4.78 is 14.0. The number of rotatable bonds is 6. The zero-order valence-electron chi connectivity index (χ0n) is 10.9. The van der Waals surface area contributed by atoms with Crippen LogP contribution in [0.3, 0.4) is 0 Å². The molecule has 0 bridgehead atoms. The summed E-state index contributed by atoms with van der Waals surface area (Å²) in [6.07, 6.45) is 2.79. The van der Waals surface area contributed by atoms with E-state index in [9.17, 15) is 4.39 Å². The first-order valence-electron chi connectivity index (χ1n) is 6.38. The molecule has 4 heteroatoms. The highest BCUT2D eigenvalue weighted by atomic mass is 32.2. The molecule has 0 radical (unpaired) electrons. The lowest BCUT2D eigenvalue weighted by Crippen LogP contribution is -2.14. The van der Waals surface area contributed by atoms with Crippen LogP contribution in [-0.2, 0) is 6.54 Å². The van der Waals surface area contributed by atoms with E-state index < -0.39 is 0 Å². The Balaban J connectivity index is 2.18. The lowest BCUT2D eigenvalue weighted by molar-refractivity contribution is 0.588. The lowest BCUT2D eigenvalue weighted by atomic mass is 10.2. The molecule has 0 saturated carbocycles. The van der Waals surface area contributed by atoms with E-state index in [4.69, 9.17) is 0 Å². The van der Waals surface area contributed by atoms with Crippen LogP contribution < -0.4 is 5.32 Å². The van der Waals surface area contributed by atoms with E-state index in [0.717, 1.165) is 23.6 Å². The number of nitrogens with zero attached hydrogens (tertiary/aromatic N) is 1. The van der Waals surface area contributed by atoms with Gasteiger partial charge in [0.2, 0.25) is 0 Å². The van der Waals surface area contributed by atoms with Gasteiger partial charge >= 0.3 is 0 Å². The Kier molecular flexibility index (Phi) is 5.36. The first kappa shape index (κ1) is 14.0. The summed E-state index contributed by atoms with van der Waals surface area (Å²) in [4.78, 5) is 4.89. The molecule has 100 valence electrons. The monoisotopic (exact) mass is 276 g/mol. The van der Waals surface area contributed by atoms with Crippen molar-refractivity contribution in [3.05, 3.63) is 54.0 Å². The van der Waals surface area contributed by atoms with E-state index in [1.165, 1.54) is 17.8 Å². The molecule has 0 unspecified atom stereocenters. The highest BCUT2D eigenvalue weighted by molar-refractivity contribution is 7.99. The quantitative estimate of drug-likeness (QED) is 0.811. The number of hydrogen-bond donors (Lipinski definition) is 1. The standard InChI is InChI=1S/C15H17FN2S/c1-2-9-17-11-12-6-5-7-13(16)15(12)19-14-8-3-4-10-18-14/h3-8,10,17H,2,9,11H2,1H3. The topological polar surface area (TPSA) is 24.9 Å². The van der Waals surface area contributed by atoms with Gasteiger partial charge in [-0.05, 0) is 36.7 Å². The van der Waals surface area contributed by atoms with E-state index in [-0.39, 0.29) is 5.82 Å². The van der Waals surface area contributed by atoms with Crippen LogP contribution in [0, 0.1) is 5.82 Å². The summed E-state index contributed by atoms with van der Waals surface area (Å²) in [5, 5.41) is 4.11. The number of aromatic nitrogens is 1. The predicted molar refractivity (Wildman–Crippen MR) is 76.8 cm³/mol. The summed E-state index contributed by atoms with van der Waals surface area (Å²) in [7, 11) is 0. The molecule has 0 aliphatic heterocycles. The summed E-state index contributed by atoms with van der Waals surface area (Å²) in [5.41, 5.74) is 0.976. The number of nitrogens with one attached hydrogen (secondary N) is 1. The molecule has 19 heavy (non-hydrogen) atoms. The smallest absolute Gasteiger partial charge is 0.137 e. The number of halogens is 1. The van der Waals surface area contributed by atoms with Gasteiger partial charge in [-0.15, -0.1) is 0 Å². The maximum atomic E-state index is 14.0. The van der Waals surface area contributed by atoms with Gasteiger partial charge in [-0.2, -0.15) is 0 Å². The number of pyridine rings is 1. The van der Waals surface area contributed by atoms with Gasteiger partial charge in [0.25, 0.3) is 0 Å². The zero-order valence-corrected chi connectivity index (χ0v) is 11.7. The highest BCUT2D eigenvalue weighted by Gasteiger charge is 2.10. The average Bonchev–Trinajstić information content (AvgIpc) is 2.44. The Morgan fingerprint density at radius 1 is 1.21 bits per heavy atom. The summed E-state index contributed by atoms with van der Waals surface area (Å²) in [6, 6.07) is 10.9. The molecule has 0 atom stereocenters. The SMILES string of the molecule is CCCNCc1cccc(F)c1Sc1ccccn1. The van der Waals surface area contributed by atoms with Gasteiger partial charge < -0.3 is 5.32 Å². The van der Waals surface area contributed by atoms with E-state index in [1.807, 2.05) is 24.3 Å². The van der Waals surface area contributed by atoms with Crippen molar-refractivity contribution in [1.29, 1.82) is 0 Å². The third kappa shape index (κ3) is 4.04. The molecule has 1 aromatic heterocycles. The number of benzene rings is 1. The molecule has 2 nitrogen and oxygen atoms in total. The Bertz CT molecular complexity index is 517. The van der Waals surface area contributed by atoms with Crippen molar-refractivity contribution >= 4 is 11.8 Å². The van der Waals surface area contributed by atoms with E-state index in [2.05, 4.69) is 17.2 Å². The Morgan fingerprint density at radius 2 is 2.11 bits per heavy atom. The second kappa shape index (κ2) is 7.26. The predicted octanol–water partition coefficient (Wildman–Crippen LogP) is 3.87. The molecule has 0 fully saturated rings. The molecular weight excluding hydrogens is 259 g/mol. The van der Waals surface area contributed by atoms with Crippen LogP contribution >= 0.6 is 11.8 Å². The fraction of sp³-hybridized carbons (Fsp3) is 0.267. The van der Waals surface area contributed by atoms with Gasteiger partial charge in [0.05, 0.1) is 4.90 Å². The average molecular weight is 276 g/mol. The second-order valence-corrected chi connectivity index (χ2v) is 5.21. The van der Waals surface area contributed by atoms with Gasteiger partial charge in [0, 0.05) is 12.7 Å². The Labute approximate surface area is 117 Å². The molecule has 0 spiro atoms. The van der Waals surface area contributed by atoms with Crippen molar-refractivity contribution in [2.75, 3.05) is 6.54 Å². The van der Waals surface area contributed by atoms with Crippen LogP contribution in [-0.4, -0.2) is 11.5 Å². The maximum absolute atomic E-state index is 14.0. The molecule has 0 amide bonds.